The molecule has 2 aromatic rings. The highest BCUT2D eigenvalue weighted by atomic mass is 16.3. The summed E-state index contributed by atoms with van der Waals surface area (Å²) in [4.78, 5) is 4.74. The molecule has 3 rings (SSSR count). The van der Waals surface area contributed by atoms with Gasteiger partial charge in [0, 0.05) is 18.0 Å². The maximum atomic E-state index is 9.35. The number of fused-ring (bicyclic) bond motifs is 1. The monoisotopic (exact) mass is 288 g/mol. The lowest BCUT2D eigenvalue weighted by molar-refractivity contribution is 0.0888. The van der Waals surface area contributed by atoms with Gasteiger partial charge in [-0.1, -0.05) is 18.2 Å². The van der Waals surface area contributed by atoms with E-state index < -0.39 is 0 Å². The Balaban J connectivity index is 1.72. The van der Waals surface area contributed by atoms with Crippen molar-refractivity contribution in [2.75, 3.05) is 33.3 Å². The van der Waals surface area contributed by atoms with Crippen LogP contribution >= 0.6 is 0 Å². The molecule has 2 heterocycles. The van der Waals surface area contributed by atoms with Crippen molar-refractivity contribution in [3.05, 3.63) is 36.1 Å². The Morgan fingerprint density at radius 2 is 2.05 bits per heavy atom. The first kappa shape index (κ1) is 14.6. The normalized spacial score (nSPS) is 17.9. The van der Waals surface area contributed by atoms with E-state index in [2.05, 4.69) is 29.0 Å². The van der Waals surface area contributed by atoms with E-state index in [-0.39, 0.29) is 6.61 Å². The summed E-state index contributed by atoms with van der Waals surface area (Å²) in [6, 6.07) is 10.8. The first-order chi connectivity index (χ1) is 10.3. The van der Waals surface area contributed by atoms with Gasteiger partial charge >= 0.3 is 0 Å². The fourth-order valence-corrected chi connectivity index (χ4v) is 3.19. The molecular formula is C17H24N2O2. The van der Waals surface area contributed by atoms with Gasteiger partial charge in [0.25, 0.3) is 0 Å². The molecule has 0 radical (unpaired) electrons. The van der Waals surface area contributed by atoms with Gasteiger partial charge in [0.1, 0.15) is 11.3 Å². The van der Waals surface area contributed by atoms with Gasteiger partial charge in [-0.3, -0.25) is 4.90 Å². The van der Waals surface area contributed by atoms with Crippen molar-refractivity contribution in [3.8, 4) is 0 Å². The van der Waals surface area contributed by atoms with Crippen LogP contribution in [0.2, 0.25) is 0 Å². The molecule has 1 aromatic carbocycles. The predicted molar refractivity (Wildman–Crippen MR) is 84.2 cm³/mol. The summed E-state index contributed by atoms with van der Waals surface area (Å²) in [6.45, 7) is 3.96. The van der Waals surface area contributed by atoms with Crippen LogP contribution in [0.1, 0.15) is 18.6 Å². The number of rotatable bonds is 5. The minimum absolute atomic E-state index is 0.201. The summed E-state index contributed by atoms with van der Waals surface area (Å²) in [5, 5.41) is 10.5. The highest BCUT2D eigenvalue weighted by molar-refractivity contribution is 5.77. The number of furan rings is 1. The standard InChI is InChI=1S/C17H24N2O2/c1-18-8-6-15(7-9-18)19(10-11-20)13-16-12-14-4-2-3-5-17(14)21-16/h2-5,12,15,20H,6-11,13H2,1H3. The number of aliphatic hydroxyl groups excluding tert-OH is 1. The summed E-state index contributed by atoms with van der Waals surface area (Å²) in [5.74, 6) is 0.989. The third-order valence-electron chi connectivity index (χ3n) is 4.43. The highest BCUT2D eigenvalue weighted by Gasteiger charge is 2.23. The molecule has 1 saturated heterocycles. The van der Waals surface area contributed by atoms with Crippen molar-refractivity contribution in [1.29, 1.82) is 0 Å². The first-order valence-corrected chi connectivity index (χ1v) is 7.77. The number of aliphatic hydroxyl groups is 1. The van der Waals surface area contributed by atoms with Gasteiger partial charge in [0.15, 0.2) is 0 Å². The van der Waals surface area contributed by atoms with Gasteiger partial charge in [-0.15, -0.1) is 0 Å². The molecule has 0 aliphatic carbocycles. The molecule has 0 unspecified atom stereocenters. The third kappa shape index (κ3) is 3.46. The molecule has 0 amide bonds. The zero-order valence-corrected chi connectivity index (χ0v) is 12.7. The van der Waals surface area contributed by atoms with Gasteiger partial charge in [-0.05, 0) is 45.1 Å². The molecule has 1 aliphatic heterocycles. The second-order valence-corrected chi connectivity index (χ2v) is 5.98. The van der Waals surface area contributed by atoms with Crippen LogP contribution in [0.25, 0.3) is 11.0 Å². The van der Waals surface area contributed by atoms with E-state index in [9.17, 15) is 5.11 Å². The van der Waals surface area contributed by atoms with E-state index in [1.165, 1.54) is 0 Å². The van der Waals surface area contributed by atoms with Gasteiger partial charge in [-0.2, -0.15) is 0 Å². The molecular weight excluding hydrogens is 264 g/mol. The summed E-state index contributed by atoms with van der Waals surface area (Å²) in [6.07, 6.45) is 2.33. The molecule has 4 heteroatoms. The van der Waals surface area contributed by atoms with Crippen LogP contribution < -0.4 is 0 Å². The highest BCUT2D eigenvalue weighted by Crippen LogP contribution is 2.23. The summed E-state index contributed by atoms with van der Waals surface area (Å²) < 4.78 is 5.92. The topological polar surface area (TPSA) is 39.9 Å². The molecule has 1 fully saturated rings. The maximum absolute atomic E-state index is 9.35. The van der Waals surface area contributed by atoms with E-state index in [1.807, 2.05) is 18.2 Å². The largest absolute Gasteiger partial charge is 0.460 e. The second-order valence-electron chi connectivity index (χ2n) is 5.98. The van der Waals surface area contributed by atoms with Crippen LogP contribution in [0, 0.1) is 0 Å². The van der Waals surface area contributed by atoms with Crippen LogP contribution in [-0.4, -0.2) is 54.2 Å². The molecule has 114 valence electrons. The number of benzene rings is 1. The Bertz CT molecular complexity index is 540. The fraction of sp³-hybridized carbons (Fsp3) is 0.529. The summed E-state index contributed by atoms with van der Waals surface area (Å²) >= 11 is 0. The molecule has 1 aliphatic rings. The number of para-hydroxylation sites is 1. The predicted octanol–water partition coefficient (Wildman–Crippen LogP) is 2.32. The van der Waals surface area contributed by atoms with Crippen molar-refractivity contribution in [1.82, 2.24) is 9.80 Å². The summed E-state index contributed by atoms with van der Waals surface area (Å²) in [7, 11) is 2.17. The number of nitrogens with zero attached hydrogens (tertiary/aromatic N) is 2. The second kappa shape index (κ2) is 6.60. The third-order valence-corrected chi connectivity index (χ3v) is 4.43. The lowest BCUT2D eigenvalue weighted by atomic mass is 10.0. The smallest absolute Gasteiger partial charge is 0.134 e. The van der Waals surface area contributed by atoms with Crippen LogP contribution in [0.4, 0.5) is 0 Å². The fourth-order valence-electron chi connectivity index (χ4n) is 3.19. The van der Waals surface area contributed by atoms with E-state index in [1.54, 1.807) is 0 Å². The Morgan fingerprint density at radius 1 is 1.29 bits per heavy atom. The zero-order valence-electron chi connectivity index (χ0n) is 12.7. The van der Waals surface area contributed by atoms with Crippen LogP contribution in [0.15, 0.2) is 34.7 Å². The molecule has 1 N–H and O–H groups in total. The van der Waals surface area contributed by atoms with Crippen LogP contribution in [-0.2, 0) is 6.54 Å². The van der Waals surface area contributed by atoms with Crippen molar-refractivity contribution in [2.45, 2.75) is 25.4 Å². The molecule has 1 aromatic heterocycles. The number of hydrogen-bond donors (Lipinski definition) is 1. The Hall–Kier alpha value is -1.36. The number of likely N-dealkylation sites (tertiary alicyclic amines) is 1. The van der Waals surface area contributed by atoms with Crippen LogP contribution in [0.3, 0.4) is 0 Å². The van der Waals surface area contributed by atoms with Gasteiger partial charge in [0.05, 0.1) is 13.2 Å². The average Bonchev–Trinajstić information content (AvgIpc) is 2.90. The van der Waals surface area contributed by atoms with Crippen molar-refractivity contribution < 1.29 is 9.52 Å². The van der Waals surface area contributed by atoms with Crippen LogP contribution in [0.5, 0.6) is 0 Å². The Morgan fingerprint density at radius 3 is 2.76 bits per heavy atom. The van der Waals surface area contributed by atoms with E-state index in [0.29, 0.717) is 12.6 Å². The van der Waals surface area contributed by atoms with Gasteiger partial charge in [-0.25, -0.2) is 0 Å². The number of hydrogen-bond acceptors (Lipinski definition) is 4. The van der Waals surface area contributed by atoms with E-state index in [0.717, 1.165) is 49.2 Å². The summed E-state index contributed by atoms with van der Waals surface area (Å²) in [5.41, 5.74) is 0.944. The first-order valence-electron chi connectivity index (χ1n) is 7.77. The average molecular weight is 288 g/mol. The molecule has 4 nitrogen and oxygen atoms in total. The quantitative estimate of drug-likeness (QED) is 0.916. The molecule has 21 heavy (non-hydrogen) atoms. The SMILES string of the molecule is CN1CCC(N(CCO)Cc2cc3ccccc3o2)CC1. The maximum Gasteiger partial charge on any atom is 0.134 e. The molecule has 0 spiro atoms. The van der Waals surface area contributed by atoms with E-state index >= 15 is 0 Å². The number of piperidine rings is 1. The lowest BCUT2D eigenvalue weighted by Crippen LogP contribution is -2.44. The van der Waals surface area contributed by atoms with Crippen molar-refractivity contribution in [3.63, 3.8) is 0 Å². The lowest BCUT2D eigenvalue weighted by Gasteiger charge is -2.36. The van der Waals surface area contributed by atoms with Gasteiger partial charge < -0.3 is 14.4 Å². The van der Waals surface area contributed by atoms with Crippen molar-refractivity contribution in [2.24, 2.45) is 0 Å². The van der Waals surface area contributed by atoms with Crippen molar-refractivity contribution >= 4 is 11.0 Å². The Kier molecular flexibility index (Phi) is 4.58. The molecule has 0 atom stereocenters. The van der Waals surface area contributed by atoms with Gasteiger partial charge in [0.2, 0.25) is 0 Å². The molecule has 0 saturated carbocycles. The minimum Gasteiger partial charge on any atom is -0.460 e. The molecule has 0 bridgehead atoms. The minimum atomic E-state index is 0.201. The Labute approximate surface area is 125 Å². The zero-order chi connectivity index (χ0) is 14.7. The van der Waals surface area contributed by atoms with E-state index in [4.69, 9.17) is 4.42 Å².